The predicted molar refractivity (Wildman–Crippen MR) is 86.0 cm³/mol. The van der Waals surface area contributed by atoms with Crippen molar-refractivity contribution in [1.82, 2.24) is 10.2 Å². The smallest absolute Gasteiger partial charge is 0.316 e. The Morgan fingerprint density at radius 2 is 2.14 bits per heavy atom. The Morgan fingerprint density at radius 1 is 1.43 bits per heavy atom. The number of hydrogen-bond acceptors (Lipinski definition) is 8. The standard InChI is InChI=1S/C11H18N4O3S2.ClH/c1-3-5-7(12)9(17)13-10-14-15-11(20-10)19-6-8(16)18-4-2;/h7H,3-6,12H2,1-2H3,(H,13,14,17);1H. The van der Waals surface area contributed by atoms with Crippen molar-refractivity contribution in [2.24, 2.45) is 5.73 Å². The van der Waals surface area contributed by atoms with Crippen molar-refractivity contribution >= 4 is 52.5 Å². The number of nitrogens with two attached hydrogens (primary N) is 1. The van der Waals surface area contributed by atoms with Crippen LogP contribution in [-0.2, 0) is 14.3 Å². The molecule has 120 valence electrons. The van der Waals surface area contributed by atoms with Crippen LogP contribution in [0.25, 0.3) is 0 Å². The van der Waals surface area contributed by atoms with Crippen LogP contribution in [0, 0.1) is 0 Å². The van der Waals surface area contributed by atoms with Gasteiger partial charge in [0.15, 0.2) is 4.34 Å². The second-order valence-electron chi connectivity index (χ2n) is 3.85. The highest BCUT2D eigenvalue weighted by Crippen LogP contribution is 2.25. The van der Waals surface area contributed by atoms with Crippen LogP contribution in [0.5, 0.6) is 0 Å². The molecule has 0 aliphatic carbocycles. The number of rotatable bonds is 8. The SMILES string of the molecule is CCCC(N)C(=O)Nc1nnc(SCC(=O)OCC)s1.Cl. The molecule has 0 aromatic carbocycles. The lowest BCUT2D eigenvalue weighted by molar-refractivity contribution is -0.139. The van der Waals surface area contributed by atoms with Crippen LogP contribution in [0.4, 0.5) is 5.13 Å². The fraction of sp³-hybridized carbons (Fsp3) is 0.636. The molecular weight excluding hydrogens is 336 g/mol. The predicted octanol–water partition coefficient (Wildman–Crippen LogP) is 1.68. The van der Waals surface area contributed by atoms with E-state index in [4.69, 9.17) is 10.5 Å². The van der Waals surface area contributed by atoms with Gasteiger partial charge in [0, 0.05) is 0 Å². The third-order valence-electron chi connectivity index (χ3n) is 2.19. The van der Waals surface area contributed by atoms with Crippen LogP contribution >= 0.6 is 35.5 Å². The van der Waals surface area contributed by atoms with Gasteiger partial charge in [-0.1, -0.05) is 36.4 Å². The Bertz CT molecular complexity index is 458. The molecule has 1 unspecified atom stereocenters. The number of hydrogen-bond donors (Lipinski definition) is 2. The van der Waals surface area contributed by atoms with Gasteiger partial charge in [-0.15, -0.1) is 22.6 Å². The van der Waals surface area contributed by atoms with E-state index < -0.39 is 6.04 Å². The first-order valence-corrected chi connectivity index (χ1v) is 8.05. The molecule has 21 heavy (non-hydrogen) atoms. The molecule has 7 nitrogen and oxygen atoms in total. The Kier molecular flexibility index (Phi) is 10.3. The van der Waals surface area contributed by atoms with Gasteiger partial charge < -0.3 is 10.5 Å². The Morgan fingerprint density at radius 3 is 2.76 bits per heavy atom. The lowest BCUT2D eigenvalue weighted by Crippen LogP contribution is -2.35. The minimum absolute atomic E-state index is 0. The number of carbonyl (C=O) groups is 2. The fourth-order valence-electron chi connectivity index (χ4n) is 1.28. The zero-order valence-electron chi connectivity index (χ0n) is 11.8. The van der Waals surface area contributed by atoms with E-state index in [1.54, 1.807) is 6.92 Å². The normalized spacial score (nSPS) is 11.4. The van der Waals surface area contributed by atoms with Gasteiger partial charge in [0.2, 0.25) is 11.0 Å². The number of ether oxygens (including phenoxy) is 1. The van der Waals surface area contributed by atoms with Crippen LogP contribution in [-0.4, -0.2) is 40.5 Å². The summed E-state index contributed by atoms with van der Waals surface area (Å²) in [6.45, 7) is 4.06. The second kappa shape index (κ2) is 10.8. The molecule has 0 saturated heterocycles. The summed E-state index contributed by atoms with van der Waals surface area (Å²) in [4.78, 5) is 22.9. The van der Waals surface area contributed by atoms with E-state index in [9.17, 15) is 9.59 Å². The molecule has 0 bridgehead atoms. The first-order valence-electron chi connectivity index (χ1n) is 6.25. The molecule has 0 aliphatic heterocycles. The highest BCUT2D eigenvalue weighted by Gasteiger charge is 2.15. The van der Waals surface area contributed by atoms with Crippen LogP contribution in [0.3, 0.4) is 0 Å². The van der Waals surface area contributed by atoms with E-state index in [2.05, 4.69) is 15.5 Å². The monoisotopic (exact) mass is 354 g/mol. The minimum Gasteiger partial charge on any atom is -0.465 e. The van der Waals surface area contributed by atoms with E-state index in [0.29, 0.717) is 22.5 Å². The number of nitrogens with one attached hydrogen (secondary N) is 1. The van der Waals surface area contributed by atoms with Crippen LogP contribution < -0.4 is 11.1 Å². The number of anilines is 1. The average Bonchev–Trinajstić information content (AvgIpc) is 2.84. The first-order chi connectivity index (χ1) is 9.56. The maximum Gasteiger partial charge on any atom is 0.316 e. The third-order valence-corrected chi connectivity index (χ3v) is 4.14. The molecule has 1 aromatic heterocycles. The van der Waals surface area contributed by atoms with Crippen molar-refractivity contribution in [3.05, 3.63) is 0 Å². The molecule has 1 atom stereocenters. The summed E-state index contributed by atoms with van der Waals surface area (Å²) >= 11 is 2.43. The molecule has 1 heterocycles. The van der Waals surface area contributed by atoms with Crippen LogP contribution in [0.1, 0.15) is 26.7 Å². The van der Waals surface area contributed by atoms with E-state index in [0.717, 1.165) is 6.42 Å². The zero-order valence-corrected chi connectivity index (χ0v) is 14.3. The quantitative estimate of drug-likeness (QED) is 0.415. The molecular formula is C11H19ClN4O3S2. The summed E-state index contributed by atoms with van der Waals surface area (Å²) in [5.74, 6) is -0.403. The van der Waals surface area contributed by atoms with Gasteiger partial charge in [-0.25, -0.2) is 0 Å². The van der Waals surface area contributed by atoms with Crippen LogP contribution in [0.2, 0.25) is 0 Å². The van der Waals surface area contributed by atoms with Crippen molar-refractivity contribution in [2.45, 2.75) is 37.1 Å². The Balaban J connectivity index is 0.00000400. The molecule has 1 amide bonds. The minimum atomic E-state index is -0.542. The Labute approximate surface area is 137 Å². The van der Waals surface area contributed by atoms with Gasteiger partial charge in [-0.3, -0.25) is 14.9 Å². The fourth-order valence-corrected chi connectivity index (χ4v) is 2.83. The first kappa shape index (κ1) is 20.1. The lowest BCUT2D eigenvalue weighted by atomic mass is 10.2. The van der Waals surface area contributed by atoms with Crippen molar-refractivity contribution in [2.75, 3.05) is 17.7 Å². The molecule has 0 spiro atoms. The van der Waals surface area contributed by atoms with E-state index in [-0.39, 0.29) is 30.0 Å². The van der Waals surface area contributed by atoms with E-state index in [1.165, 1.54) is 23.1 Å². The molecule has 0 radical (unpaired) electrons. The van der Waals surface area contributed by atoms with Gasteiger partial charge in [0.25, 0.3) is 0 Å². The molecule has 10 heteroatoms. The highest BCUT2D eigenvalue weighted by atomic mass is 35.5. The summed E-state index contributed by atoms with van der Waals surface area (Å²) in [6.07, 6.45) is 1.46. The van der Waals surface area contributed by atoms with Crippen molar-refractivity contribution < 1.29 is 14.3 Å². The largest absolute Gasteiger partial charge is 0.465 e. The second-order valence-corrected chi connectivity index (χ2v) is 6.05. The molecule has 0 aliphatic rings. The lowest BCUT2D eigenvalue weighted by Gasteiger charge is -2.08. The van der Waals surface area contributed by atoms with E-state index in [1.807, 2.05) is 6.92 Å². The number of halogens is 1. The zero-order chi connectivity index (χ0) is 15.0. The maximum absolute atomic E-state index is 11.7. The molecule has 0 saturated carbocycles. The molecule has 1 rings (SSSR count). The summed E-state index contributed by atoms with van der Waals surface area (Å²) in [5.41, 5.74) is 5.69. The van der Waals surface area contributed by atoms with Crippen molar-refractivity contribution in [3.63, 3.8) is 0 Å². The topological polar surface area (TPSA) is 107 Å². The summed E-state index contributed by atoms with van der Waals surface area (Å²) in [5, 5.41) is 10.7. The number of thioether (sulfide) groups is 1. The van der Waals surface area contributed by atoms with Crippen LogP contribution in [0.15, 0.2) is 4.34 Å². The van der Waals surface area contributed by atoms with Gasteiger partial charge in [-0.05, 0) is 13.3 Å². The van der Waals surface area contributed by atoms with Gasteiger partial charge in [0.05, 0.1) is 18.4 Å². The summed E-state index contributed by atoms with van der Waals surface area (Å²) in [6, 6.07) is -0.542. The summed E-state index contributed by atoms with van der Waals surface area (Å²) < 4.78 is 5.40. The Hall–Kier alpha value is -0.900. The van der Waals surface area contributed by atoms with Crippen molar-refractivity contribution in [3.8, 4) is 0 Å². The number of carbonyl (C=O) groups excluding carboxylic acids is 2. The highest BCUT2D eigenvalue weighted by molar-refractivity contribution is 8.01. The number of aromatic nitrogens is 2. The van der Waals surface area contributed by atoms with Gasteiger partial charge in [0.1, 0.15) is 0 Å². The maximum atomic E-state index is 11.7. The number of nitrogens with zero attached hydrogens (tertiary/aromatic N) is 2. The molecule has 3 N–H and O–H groups in total. The third kappa shape index (κ3) is 7.60. The van der Waals surface area contributed by atoms with Gasteiger partial charge >= 0.3 is 5.97 Å². The van der Waals surface area contributed by atoms with Gasteiger partial charge in [-0.2, -0.15) is 0 Å². The molecule has 0 fully saturated rings. The average molecular weight is 355 g/mol. The number of esters is 1. The number of amides is 1. The summed E-state index contributed by atoms with van der Waals surface area (Å²) in [7, 11) is 0. The van der Waals surface area contributed by atoms with Crippen molar-refractivity contribution in [1.29, 1.82) is 0 Å². The molecule has 1 aromatic rings. The van der Waals surface area contributed by atoms with E-state index >= 15 is 0 Å².